The third-order valence-electron chi connectivity index (χ3n) is 5.23. The lowest BCUT2D eigenvalue weighted by Gasteiger charge is -2.23. The standard InChI is InChI=1S/C21H24N2O4S/c24-14-9-15(20-17(10-14)23-21(26)28-20)18(25)11-22-16-7-4-8-19(16)27-12-13-5-2-1-3-6-13/h1-3,5-6,9-10,16,18-19,22,24-25H,4,7-8,11-12H2,(H,23,26)/t16-,18?,19-/m0/s1. The van der Waals surface area contributed by atoms with Gasteiger partial charge < -0.3 is 25.3 Å². The molecule has 4 N–H and O–H groups in total. The van der Waals surface area contributed by atoms with Gasteiger partial charge in [-0.15, -0.1) is 0 Å². The van der Waals surface area contributed by atoms with E-state index in [-0.39, 0.29) is 22.8 Å². The number of hydrogen-bond donors (Lipinski definition) is 4. The predicted octanol–water partition coefficient (Wildman–Crippen LogP) is 3.06. The first-order chi connectivity index (χ1) is 13.6. The number of aliphatic hydroxyl groups is 1. The molecule has 3 atom stereocenters. The van der Waals surface area contributed by atoms with E-state index in [1.54, 1.807) is 0 Å². The van der Waals surface area contributed by atoms with E-state index in [0.717, 1.165) is 36.2 Å². The summed E-state index contributed by atoms with van der Waals surface area (Å²) >= 11 is 1.05. The van der Waals surface area contributed by atoms with Crippen molar-refractivity contribution in [2.24, 2.45) is 0 Å². The fraction of sp³-hybridized carbons (Fsp3) is 0.381. The van der Waals surface area contributed by atoms with E-state index in [4.69, 9.17) is 4.74 Å². The number of phenolic OH excluding ortho intramolecular Hbond substituents is 1. The highest BCUT2D eigenvalue weighted by molar-refractivity contribution is 7.16. The number of thiazole rings is 1. The second-order valence-electron chi connectivity index (χ2n) is 7.22. The van der Waals surface area contributed by atoms with Gasteiger partial charge in [-0.2, -0.15) is 0 Å². The van der Waals surface area contributed by atoms with Crippen LogP contribution in [0.4, 0.5) is 0 Å². The first-order valence-electron chi connectivity index (χ1n) is 9.53. The second kappa shape index (κ2) is 8.45. The number of aliphatic hydroxyl groups excluding tert-OH is 1. The number of benzene rings is 2. The lowest BCUT2D eigenvalue weighted by atomic mass is 10.1. The molecule has 0 amide bonds. The highest BCUT2D eigenvalue weighted by Gasteiger charge is 2.28. The number of aromatic amines is 1. The molecule has 4 rings (SSSR count). The predicted molar refractivity (Wildman–Crippen MR) is 110 cm³/mol. The molecule has 0 radical (unpaired) electrons. The van der Waals surface area contributed by atoms with Crippen molar-refractivity contribution in [2.75, 3.05) is 6.54 Å². The van der Waals surface area contributed by atoms with Gasteiger partial charge in [-0.05, 0) is 30.9 Å². The fourth-order valence-electron chi connectivity index (χ4n) is 3.83. The minimum Gasteiger partial charge on any atom is -0.508 e. The van der Waals surface area contributed by atoms with E-state index in [9.17, 15) is 15.0 Å². The van der Waals surface area contributed by atoms with Gasteiger partial charge in [0.25, 0.3) is 0 Å². The summed E-state index contributed by atoms with van der Waals surface area (Å²) in [6.45, 7) is 0.914. The van der Waals surface area contributed by atoms with Crippen molar-refractivity contribution in [3.05, 3.63) is 63.3 Å². The van der Waals surface area contributed by atoms with Crippen LogP contribution in [-0.2, 0) is 11.3 Å². The van der Waals surface area contributed by atoms with Crippen LogP contribution < -0.4 is 10.2 Å². The highest BCUT2D eigenvalue weighted by Crippen LogP contribution is 2.30. The molecule has 1 fully saturated rings. The molecule has 1 heterocycles. The third kappa shape index (κ3) is 4.28. The van der Waals surface area contributed by atoms with Crippen molar-refractivity contribution in [3.8, 4) is 5.75 Å². The van der Waals surface area contributed by atoms with Crippen LogP contribution in [0.3, 0.4) is 0 Å². The monoisotopic (exact) mass is 400 g/mol. The Labute approximate surface area is 166 Å². The Bertz CT molecular complexity index is 985. The minimum absolute atomic E-state index is 0.0283. The Hall–Kier alpha value is -2.19. The van der Waals surface area contributed by atoms with Crippen molar-refractivity contribution < 1.29 is 14.9 Å². The van der Waals surface area contributed by atoms with E-state index in [1.807, 2.05) is 18.2 Å². The van der Waals surface area contributed by atoms with Gasteiger partial charge in [-0.3, -0.25) is 4.79 Å². The second-order valence-corrected chi connectivity index (χ2v) is 8.21. The summed E-state index contributed by atoms with van der Waals surface area (Å²) in [7, 11) is 0. The molecular formula is C21H24N2O4S. The average Bonchev–Trinajstić information content (AvgIpc) is 3.29. The van der Waals surface area contributed by atoms with Crippen molar-refractivity contribution in [1.82, 2.24) is 10.3 Å². The zero-order chi connectivity index (χ0) is 19.5. The number of nitrogens with one attached hydrogen (secondary N) is 2. The molecule has 7 heteroatoms. The van der Waals surface area contributed by atoms with Gasteiger partial charge in [0.2, 0.25) is 0 Å². The van der Waals surface area contributed by atoms with Crippen LogP contribution in [0.25, 0.3) is 10.2 Å². The van der Waals surface area contributed by atoms with E-state index < -0.39 is 6.10 Å². The molecule has 28 heavy (non-hydrogen) atoms. The molecule has 3 aromatic rings. The largest absolute Gasteiger partial charge is 0.508 e. The van der Waals surface area contributed by atoms with E-state index in [0.29, 0.717) is 28.9 Å². The lowest BCUT2D eigenvalue weighted by molar-refractivity contribution is 0.0249. The van der Waals surface area contributed by atoms with Crippen LogP contribution in [0.2, 0.25) is 0 Å². The summed E-state index contributed by atoms with van der Waals surface area (Å²) in [6.07, 6.45) is 2.37. The number of aromatic nitrogens is 1. The summed E-state index contributed by atoms with van der Waals surface area (Å²) < 4.78 is 6.78. The van der Waals surface area contributed by atoms with Gasteiger partial charge in [0, 0.05) is 24.2 Å². The zero-order valence-electron chi connectivity index (χ0n) is 15.4. The molecule has 0 aliphatic heterocycles. The van der Waals surface area contributed by atoms with E-state index >= 15 is 0 Å². The Balaban J connectivity index is 1.39. The van der Waals surface area contributed by atoms with Crippen LogP contribution in [0.5, 0.6) is 5.75 Å². The summed E-state index contributed by atoms with van der Waals surface area (Å²) in [6, 6.07) is 13.3. The Morgan fingerprint density at radius 1 is 1.25 bits per heavy atom. The minimum atomic E-state index is -0.823. The molecule has 148 valence electrons. The molecule has 0 spiro atoms. The number of H-pyrrole nitrogens is 1. The number of aromatic hydroxyl groups is 1. The van der Waals surface area contributed by atoms with E-state index in [2.05, 4.69) is 22.4 Å². The highest BCUT2D eigenvalue weighted by atomic mass is 32.1. The zero-order valence-corrected chi connectivity index (χ0v) is 16.2. The fourth-order valence-corrected chi connectivity index (χ4v) is 4.71. The van der Waals surface area contributed by atoms with Crippen molar-refractivity contribution in [2.45, 2.75) is 44.1 Å². The van der Waals surface area contributed by atoms with Gasteiger partial charge in [0.15, 0.2) is 0 Å². The van der Waals surface area contributed by atoms with Gasteiger partial charge >= 0.3 is 4.87 Å². The Morgan fingerprint density at radius 2 is 2.07 bits per heavy atom. The maximum atomic E-state index is 11.6. The van der Waals surface area contributed by atoms with Gasteiger partial charge in [-0.25, -0.2) is 0 Å². The van der Waals surface area contributed by atoms with Crippen molar-refractivity contribution in [1.29, 1.82) is 0 Å². The van der Waals surface area contributed by atoms with Crippen molar-refractivity contribution >= 4 is 21.6 Å². The third-order valence-corrected chi connectivity index (χ3v) is 6.17. The van der Waals surface area contributed by atoms with Crippen LogP contribution >= 0.6 is 11.3 Å². The Morgan fingerprint density at radius 3 is 2.89 bits per heavy atom. The molecule has 1 unspecified atom stereocenters. The molecule has 0 bridgehead atoms. The van der Waals surface area contributed by atoms with Gasteiger partial charge in [0.1, 0.15) is 5.75 Å². The summed E-state index contributed by atoms with van der Waals surface area (Å²) in [4.78, 5) is 14.1. The number of fused-ring (bicyclic) bond motifs is 1. The lowest BCUT2D eigenvalue weighted by Crippen LogP contribution is -2.39. The molecule has 0 saturated heterocycles. The maximum absolute atomic E-state index is 11.6. The van der Waals surface area contributed by atoms with Gasteiger partial charge in [0.05, 0.1) is 29.0 Å². The molecule has 1 aliphatic carbocycles. The van der Waals surface area contributed by atoms with Crippen LogP contribution in [0, 0.1) is 0 Å². The molecule has 1 aliphatic rings. The van der Waals surface area contributed by atoms with Crippen molar-refractivity contribution in [3.63, 3.8) is 0 Å². The molecule has 2 aromatic carbocycles. The first kappa shape index (κ1) is 19.1. The number of phenols is 1. The van der Waals surface area contributed by atoms with Crippen LogP contribution in [0.15, 0.2) is 47.3 Å². The molecule has 1 aromatic heterocycles. The SMILES string of the molecule is O=c1[nH]c2cc(O)cc(C(O)CN[C@H]3CCC[C@@H]3OCc3ccccc3)c2s1. The molecule has 6 nitrogen and oxygen atoms in total. The van der Waals surface area contributed by atoms with E-state index in [1.165, 1.54) is 12.1 Å². The Kier molecular flexibility index (Phi) is 5.77. The quantitative estimate of drug-likeness (QED) is 0.489. The normalized spacial score (nSPS) is 20.6. The van der Waals surface area contributed by atoms with Gasteiger partial charge in [-0.1, -0.05) is 41.7 Å². The topological polar surface area (TPSA) is 94.6 Å². The molecular weight excluding hydrogens is 376 g/mol. The number of ether oxygens (including phenoxy) is 1. The summed E-state index contributed by atoms with van der Waals surface area (Å²) in [5, 5.41) is 24.0. The average molecular weight is 401 g/mol. The maximum Gasteiger partial charge on any atom is 0.305 e. The summed E-state index contributed by atoms with van der Waals surface area (Å²) in [5.74, 6) is 0.0283. The van der Waals surface area contributed by atoms with Crippen LogP contribution in [0.1, 0.15) is 36.5 Å². The smallest absolute Gasteiger partial charge is 0.305 e. The molecule has 1 saturated carbocycles. The van der Waals surface area contributed by atoms with Crippen LogP contribution in [-0.4, -0.2) is 33.9 Å². The number of hydrogen-bond acceptors (Lipinski definition) is 6. The first-order valence-corrected chi connectivity index (χ1v) is 10.3. The summed E-state index contributed by atoms with van der Waals surface area (Å²) in [5.41, 5.74) is 2.26. The number of rotatable bonds is 7.